The first-order valence-electron chi connectivity index (χ1n) is 9.87. The molecule has 0 atom stereocenters. The lowest BCUT2D eigenvalue weighted by atomic mass is 9.92. The third-order valence-corrected chi connectivity index (χ3v) is 6.59. The highest BCUT2D eigenvalue weighted by atomic mass is 15.0. The molecule has 0 aliphatic heterocycles. The highest BCUT2D eigenvalue weighted by molar-refractivity contribution is 6.27. The van der Waals surface area contributed by atoms with Crippen LogP contribution in [0.4, 0.5) is 5.69 Å². The predicted molar refractivity (Wildman–Crippen MR) is 120 cm³/mol. The van der Waals surface area contributed by atoms with E-state index in [1.807, 2.05) is 31.2 Å². The number of hydrogen-bond donors (Lipinski definition) is 0. The SMILES string of the molecule is [C-]#[N+]c1cc2cc[n+](C)c3c4c(C)c(C)c(C#N)c5c6ccccc6n(c(c1)c23)c54. The van der Waals surface area contributed by atoms with Crippen LogP contribution in [0.5, 0.6) is 0 Å². The molecule has 0 amide bonds. The number of benzene rings is 3. The second-order valence-corrected chi connectivity index (χ2v) is 8.00. The summed E-state index contributed by atoms with van der Waals surface area (Å²) in [5, 5.41) is 15.5. The van der Waals surface area contributed by atoms with Gasteiger partial charge in [0.05, 0.1) is 39.5 Å². The van der Waals surface area contributed by atoms with Crippen molar-refractivity contribution < 1.29 is 4.57 Å². The van der Waals surface area contributed by atoms with Crippen molar-refractivity contribution >= 4 is 54.7 Å². The van der Waals surface area contributed by atoms with Crippen LogP contribution in [0.3, 0.4) is 0 Å². The number of aryl methyl sites for hydroxylation is 2. The molecule has 4 heteroatoms. The number of rotatable bonds is 0. The third-order valence-electron chi connectivity index (χ3n) is 6.59. The number of pyridine rings is 2. The van der Waals surface area contributed by atoms with E-state index in [1.165, 1.54) is 5.39 Å². The summed E-state index contributed by atoms with van der Waals surface area (Å²) in [5.74, 6) is 0. The van der Waals surface area contributed by atoms with Gasteiger partial charge in [0.25, 0.3) is 0 Å². The minimum absolute atomic E-state index is 0.621. The Bertz CT molecular complexity index is 1790. The van der Waals surface area contributed by atoms with Gasteiger partial charge in [-0.15, -0.1) is 0 Å². The van der Waals surface area contributed by atoms with Gasteiger partial charge in [-0.05, 0) is 48.6 Å². The van der Waals surface area contributed by atoms with Crippen molar-refractivity contribution in [3.05, 3.63) is 76.8 Å². The maximum absolute atomic E-state index is 10.1. The Labute approximate surface area is 173 Å². The molecule has 0 aliphatic rings. The number of fused-ring (bicyclic) bond motifs is 5. The first kappa shape index (κ1) is 16.8. The van der Waals surface area contributed by atoms with Crippen LogP contribution in [0.1, 0.15) is 16.7 Å². The molecule has 0 radical (unpaired) electrons. The molecule has 30 heavy (non-hydrogen) atoms. The van der Waals surface area contributed by atoms with Crippen molar-refractivity contribution in [3.8, 4) is 6.07 Å². The Morgan fingerprint density at radius 2 is 1.80 bits per heavy atom. The van der Waals surface area contributed by atoms with Gasteiger partial charge in [0, 0.05) is 16.8 Å². The van der Waals surface area contributed by atoms with Crippen LogP contribution >= 0.6 is 0 Å². The van der Waals surface area contributed by atoms with Crippen LogP contribution in [-0.4, -0.2) is 4.40 Å². The molecule has 0 N–H and O–H groups in total. The fourth-order valence-corrected chi connectivity index (χ4v) is 5.16. The molecule has 140 valence electrons. The topological polar surface area (TPSA) is 36.4 Å². The van der Waals surface area contributed by atoms with Gasteiger partial charge in [-0.1, -0.05) is 18.2 Å². The molecular formula is C26H17N4+. The number of nitriles is 1. The lowest BCUT2D eigenvalue weighted by Gasteiger charge is -2.15. The molecule has 4 nitrogen and oxygen atoms in total. The predicted octanol–water partition coefficient (Wildman–Crippen LogP) is 5.85. The Hall–Kier alpha value is -4.15. The van der Waals surface area contributed by atoms with Gasteiger partial charge in [0.2, 0.25) is 5.52 Å². The molecule has 6 aromatic rings. The van der Waals surface area contributed by atoms with Crippen LogP contribution < -0.4 is 4.57 Å². The molecule has 0 saturated heterocycles. The molecule has 3 aromatic carbocycles. The second kappa shape index (κ2) is 5.47. The summed E-state index contributed by atoms with van der Waals surface area (Å²) in [5.41, 5.74) is 7.80. The summed E-state index contributed by atoms with van der Waals surface area (Å²) in [6.07, 6.45) is 2.06. The van der Waals surface area contributed by atoms with E-state index in [2.05, 4.69) is 58.2 Å². The zero-order valence-electron chi connectivity index (χ0n) is 16.9. The highest BCUT2D eigenvalue weighted by Gasteiger charge is 2.27. The molecule has 3 aromatic heterocycles. The minimum Gasteiger partial charge on any atom is -0.309 e. The van der Waals surface area contributed by atoms with Crippen LogP contribution in [0.2, 0.25) is 0 Å². The molecule has 0 aliphatic carbocycles. The van der Waals surface area contributed by atoms with Gasteiger partial charge in [0.1, 0.15) is 13.1 Å². The van der Waals surface area contributed by atoms with E-state index in [4.69, 9.17) is 6.57 Å². The zero-order valence-corrected chi connectivity index (χ0v) is 16.9. The summed E-state index contributed by atoms with van der Waals surface area (Å²) in [6.45, 7) is 11.8. The first-order valence-corrected chi connectivity index (χ1v) is 9.87. The average Bonchev–Trinajstić information content (AvgIpc) is 3.10. The molecule has 0 spiro atoms. The molecule has 0 saturated carbocycles. The maximum atomic E-state index is 10.1. The third kappa shape index (κ3) is 1.77. The van der Waals surface area contributed by atoms with E-state index < -0.39 is 0 Å². The van der Waals surface area contributed by atoms with Gasteiger partial charge in [-0.2, -0.15) is 5.26 Å². The van der Waals surface area contributed by atoms with E-state index in [0.717, 1.165) is 60.3 Å². The van der Waals surface area contributed by atoms with Gasteiger partial charge in [-0.25, -0.2) is 9.41 Å². The minimum atomic E-state index is 0.621. The Morgan fingerprint density at radius 1 is 1.00 bits per heavy atom. The van der Waals surface area contributed by atoms with Crippen LogP contribution in [-0.2, 0) is 7.05 Å². The van der Waals surface area contributed by atoms with Gasteiger partial charge >= 0.3 is 0 Å². The number of aromatic nitrogens is 2. The zero-order chi connectivity index (χ0) is 20.7. The number of nitrogens with zero attached hydrogens (tertiary/aromatic N) is 4. The smallest absolute Gasteiger partial charge is 0.224 e. The first-order chi connectivity index (χ1) is 14.6. The van der Waals surface area contributed by atoms with E-state index in [1.54, 1.807) is 0 Å². The van der Waals surface area contributed by atoms with Crippen molar-refractivity contribution in [1.82, 2.24) is 4.40 Å². The lowest BCUT2D eigenvalue weighted by molar-refractivity contribution is -0.643. The highest BCUT2D eigenvalue weighted by Crippen LogP contribution is 2.44. The summed E-state index contributed by atoms with van der Waals surface area (Å²) < 4.78 is 4.43. The fourth-order valence-electron chi connectivity index (χ4n) is 5.16. The second-order valence-electron chi connectivity index (χ2n) is 8.00. The Morgan fingerprint density at radius 3 is 2.57 bits per heavy atom. The van der Waals surface area contributed by atoms with Crippen molar-refractivity contribution in [2.75, 3.05) is 0 Å². The number of para-hydroxylation sites is 1. The van der Waals surface area contributed by atoms with Crippen molar-refractivity contribution in [1.29, 1.82) is 5.26 Å². The molecule has 0 bridgehead atoms. The van der Waals surface area contributed by atoms with Crippen LogP contribution in [0.15, 0.2) is 48.7 Å². The monoisotopic (exact) mass is 385 g/mol. The molecular weight excluding hydrogens is 368 g/mol. The van der Waals surface area contributed by atoms with Crippen molar-refractivity contribution in [3.63, 3.8) is 0 Å². The van der Waals surface area contributed by atoms with E-state index in [0.29, 0.717) is 5.69 Å². The quantitative estimate of drug-likeness (QED) is 0.140. The standard InChI is InChI=1S/C26H17N4/c1-14-15(2)22-25-23-16(9-10-29(25)4)11-17(28-3)12-21(23)30-20-8-6-5-7-18(20)24(26(22)30)19(14)13-27/h5-12H,1-2,4H3/q+1. The normalized spacial score (nSPS) is 11.8. The maximum Gasteiger partial charge on any atom is 0.224 e. The van der Waals surface area contributed by atoms with E-state index in [-0.39, 0.29) is 0 Å². The summed E-state index contributed by atoms with van der Waals surface area (Å²) in [4.78, 5) is 3.73. The van der Waals surface area contributed by atoms with Crippen LogP contribution in [0.25, 0.3) is 53.8 Å². The van der Waals surface area contributed by atoms with Gasteiger partial charge in [-0.3, -0.25) is 0 Å². The van der Waals surface area contributed by atoms with Crippen LogP contribution in [0, 0.1) is 31.8 Å². The molecule has 0 fully saturated rings. The summed E-state index contributed by atoms with van der Waals surface area (Å²) in [7, 11) is 2.07. The fraction of sp³-hybridized carbons (Fsp3) is 0.115. The van der Waals surface area contributed by atoms with Crippen molar-refractivity contribution in [2.24, 2.45) is 7.05 Å². The Balaban J connectivity index is 2.17. The van der Waals surface area contributed by atoms with E-state index >= 15 is 0 Å². The Kier molecular flexibility index (Phi) is 3.06. The molecule has 6 rings (SSSR count). The summed E-state index contributed by atoms with van der Waals surface area (Å²) >= 11 is 0. The van der Waals surface area contributed by atoms with Crippen molar-refractivity contribution in [2.45, 2.75) is 13.8 Å². The average molecular weight is 385 g/mol. The largest absolute Gasteiger partial charge is 0.309 e. The summed E-state index contributed by atoms with van der Waals surface area (Å²) in [6, 6.07) is 16.8. The molecule has 0 unspecified atom stereocenters. The van der Waals surface area contributed by atoms with Gasteiger partial charge < -0.3 is 4.40 Å². The van der Waals surface area contributed by atoms with E-state index in [9.17, 15) is 5.26 Å². The molecule has 3 heterocycles. The lowest BCUT2D eigenvalue weighted by Crippen LogP contribution is -2.29. The number of hydrogen-bond acceptors (Lipinski definition) is 1. The van der Waals surface area contributed by atoms with Gasteiger partial charge in [0.15, 0.2) is 11.9 Å².